The Morgan fingerprint density at radius 3 is 1.31 bits per heavy atom. The van der Waals surface area contributed by atoms with Gasteiger partial charge in [0.25, 0.3) is 0 Å². The van der Waals surface area contributed by atoms with E-state index in [1.165, 1.54) is 58.3 Å². The molecule has 3 rings (SSSR count). The van der Waals surface area contributed by atoms with Crippen LogP contribution in [0.2, 0.25) is 0 Å². The van der Waals surface area contributed by atoms with Crippen molar-refractivity contribution in [2.24, 2.45) is 0 Å². The van der Waals surface area contributed by atoms with Gasteiger partial charge >= 0.3 is 0 Å². The zero-order valence-corrected chi connectivity index (χ0v) is 10.4. The Hall–Kier alpha value is -0.160. The third-order valence-corrected chi connectivity index (χ3v) is 2.79. The molecular formula is C12H27N3O. The molecule has 0 aromatic carbocycles. The van der Waals surface area contributed by atoms with E-state index in [4.69, 9.17) is 4.74 Å². The molecular weight excluding hydrogens is 202 g/mol. The fraction of sp³-hybridized carbons (Fsp3) is 1.00. The highest BCUT2D eigenvalue weighted by Gasteiger charge is 1.94. The van der Waals surface area contributed by atoms with Crippen molar-refractivity contribution in [3.05, 3.63) is 0 Å². The molecule has 3 heterocycles. The lowest BCUT2D eigenvalue weighted by molar-refractivity contribution is 0.194. The summed E-state index contributed by atoms with van der Waals surface area (Å²) in [6, 6.07) is 0. The highest BCUT2D eigenvalue weighted by molar-refractivity contribution is 4.56. The Morgan fingerprint density at radius 2 is 1.12 bits per heavy atom. The van der Waals surface area contributed by atoms with E-state index in [1.807, 2.05) is 0 Å². The van der Waals surface area contributed by atoms with Crippen LogP contribution in [-0.4, -0.2) is 46.1 Å². The van der Waals surface area contributed by atoms with Gasteiger partial charge in [0, 0.05) is 6.54 Å². The van der Waals surface area contributed by atoms with E-state index in [-0.39, 0.29) is 0 Å². The van der Waals surface area contributed by atoms with E-state index >= 15 is 0 Å². The first kappa shape index (κ1) is 13.9. The van der Waals surface area contributed by atoms with Crippen LogP contribution in [0.3, 0.4) is 0 Å². The SMILES string of the molecule is C1CCNC1.C1CCNCC1.C1COCN1. The summed E-state index contributed by atoms with van der Waals surface area (Å²) in [6.07, 6.45) is 6.99. The van der Waals surface area contributed by atoms with E-state index in [2.05, 4.69) is 16.0 Å². The molecule has 0 spiro atoms. The summed E-state index contributed by atoms with van der Waals surface area (Å²) < 4.78 is 4.83. The van der Waals surface area contributed by atoms with Gasteiger partial charge < -0.3 is 15.4 Å². The van der Waals surface area contributed by atoms with Gasteiger partial charge in [0.2, 0.25) is 0 Å². The highest BCUT2D eigenvalue weighted by Crippen LogP contribution is 1.96. The third-order valence-electron chi connectivity index (χ3n) is 2.79. The molecule has 0 aliphatic carbocycles. The first-order chi connectivity index (χ1) is 8.00. The molecule has 3 fully saturated rings. The summed E-state index contributed by atoms with van der Waals surface area (Å²) in [5.41, 5.74) is 0. The average molecular weight is 229 g/mol. The lowest BCUT2D eigenvalue weighted by Crippen LogP contribution is -2.21. The van der Waals surface area contributed by atoms with Crippen LogP contribution in [0, 0.1) is 0 Å². The van der Waals surface area contributed by atoms with Gasteiger partial charge in [-0.3, -0.25) is 5.32 Å². The zero-order valence-electron chi connectivity index (χ0n) is 10.4. The molecule has 3 aliphatic rings. The first-order valence-corrected chi connectivity index (χ1v) is 6.70. The predicted molar refractivity (Wildman–Crippen MR) is 67.6 cm³/mol. The van der Waals surface area contributed by atoms with Gasteiger partial charge in [-0.25, -0.2) is 0 Å². The number of hydrogen-bond acceptors (Lipinski definition) is 4. The predicted octanol–water partition coefficient (Wildman–Crippen LogP) is 0.693. The molecule has 0 amide bonds. The topological polar surface area (TPSA) is 45.3 Å². The maximum absolute atomic E-state index is 4.83. The largest absolute Gasteiger partial charge is 0.365 e. The van der Waals surface area contributed by atoms with E-state index in [1.54, 1.807) is 0 Å². The fourth-order valence-electron chi connectivity index (χ4n) is 1.79. The lowest BCUT2D eigenvalue weighted by Gasteiger charge is -2.08. The molecule has 4 heteroatoms. The summed E-state index contributed by atoms with van der Waals surface area (Å²) >= 11 is 0. The highest BCUT2D eigenvalue weighted by atomic mass is 16.5. The Kier molecular flexibility index (Phi) is 9.84. The molecule has 3 N–H and O–H groups in total. The molecule has 0 unspecified atom stereocenters. The zero-order chi connectivity index (χ0) is 11.3. The van der Waals surface area contributed by atoms with Crippen molar-refractivity contribution in [2.75, 3.05) is 46.1 Å². The van der Waals surface area contributed by atoms with E-state index < -0.39 is 0 Å². The van der Waals surface area contributed by atoms with Crippen LogP contribution in [0.15, 0.2) is 0 Å². The van der Waals surface area contributed by atoms with Gasteiger partial charge in [-0.2, -0.15) is 0 Å². The Morgan fingerprint density at radius 1 is 0.562 bits per heavy atom. The van der Waals surface area contributed by atoms with Gasteiger partial charge in [-0.15, -0.1) is 0 Å². The number of hydrogen-bond donors (Lipinski definition) is 3. The Balaban J connectivity index is 0.000000121. The van der Waals surface area contributed by atoms with Crippen LogP contribution >= 0.6 is 0 Å². The Bertz CT molecular complexity index is 95.5. The van der Waals surface area contributed by atoms with Crippen molar-refractivity contribution < 1.29 is 4.74 Å². The quantitative estimate of drug-likeness (QED) is 0.572. The van der Waals surface area contributed by atoms with Crippen molar-refractivity contribution in [3.63, 3.8) is 0 Å². The number of nitrogens with one attached hydrogen (secondary N) is 3. The van der Waals surface area contributed by atoms with Crippen LogP contribution in [0.5, 0.6) is 0 Å². The summed E-state index contributed by atoms with van der Waals surface area (Å²) in [6.45, 7) is 7.67. The van der Waals surface area contributed by atoms with Gasteiger partial charge in [0.15, 0.2) is 0 Å². The van der Waals surface area contributed by atoms with Gasteiger partial charge in [0.1, 0.15) is 0 Å². The molecule has 3 aliphatic heterocycles. The van der Waals surface area contributed by atoms with E-state index in [0.717, 1.165) is 19.9 Å². The maximum atomic E-state index is 4.83. The first-order valence-electron chi connectivity index (χ1n) is 6.70. The minimum absolute atomic E-state index is 0.750. The van der Waals surface area contributed by atoms with E-state index in [9.17, 15) is 0 Å². The third kappa shape index (κ3) is 9.09. The van der Waals surface area contributed by atoms with Crippen molar-refractivity contribution in [1.82, 2.24) is 16.0 Å². The van der Waals surface area contributed by atoms with Crippen LogP contribution in [0.4, 0.5) is 0 Å². The van der Waals surface area contributed by atoms with Crippen LogP contribution in [-0.2, 0) is 4.74 Å². The summed E-state index contributed by atoms with van der Waals surface area (Å²) in [7, 11) is 0. The fourth-order valence-corrected chi connectivity index (χ4v) is 1.79. The molecule has 0 atom stereocenters. The Labute approximate surface area is 99.5 Å². The van der Waals surface area contributed by atoms with Crippen molar-refractivity contribution in [3.8, 4) is 0 Å². The average Bonchev–Trinajstić information content (AvgIpc) is 3.10. The van der Waals surface area contributed by atoms with Gasteiger partial charge in [-0.05, 0) is 51.9 Å². The molecule has 0 bridgehead atoms. The summed E-state index contributed by atoms with van der Waals surface area (Å²) in [5.74, 6) is 0. The van der Waals surface area contributed by atoms with E-state index in [0.29, 0.717) is 0 Å². The summed E-state index contributed by atoms with van der Waals surface area (Å²) in [4.78, 5) is 0. The second kappa shape index (κ2) is 11.3. The summed E-state index contributed by atoms with van der Waals surface area (Å²) in [5, 5.41) is 9.51. The molecule has 0 aromatic rings. The molecule has 0 radical (unpaired) electrons. The van der Waals surface area contributed by atoms with Crippen LogP contribution in [0.25, 0.3) is 0 Å². The smallest absolute Gasteiger partial charge is 0.0966 e. The second-order valence-corrected chi connectivity index (χ2v) is 4.32. The molecule has 0 aromatic heterocycles. The number of ether oxygens (including phenoxy) is 1. The minimum Gasteiger partial charge on any atom is -0.365 e. The minimum atomic E-state index is 0.750. The number of piperidine rings is 1. The second-order valence-electron chi connectivity index (χ2n) is 4.32. The van der Waals surface area contributed by atoms with Gasteiger partial charge in [0.05, 0.1) is 13.3 Å². The van der Waals surface area contributed by atoms with Crippen molar-refractivity contribution in [1.29, 1.82) is 0 Å². The van der Waals surface area contributed by atoms with Crippen molar-refractivity contribution >= 4 is 0 Å². The standard InChI is InChI=1S/C5H11N.C4H9N.C3H7NO/c1-2-4-6-5-3-1;1-2-4-5-3-1;1-2-5-3-4-1/h6H,1-5H2;5H,1-4H2;4H,1-3H2. The maximum Gasteiger partial charge on any atom is 0.0966 e. The van der Waals surface area contributed by atoms with Crippen molar-refractivity contribution in [2.45, 2.75) is 32.1 Å². The van der Waals surface area contributed by atoms with Crippen LogP contribution in [0.1, 0.15) is 32.1 Å². The molecule has 3 saturated heterocycles. The number of rotatable bonds is 0. The molecule has 16 heavy (non-hydrogen) atoms. The normalized spacial score (nSPS) is 24.0. The molecule has 4 nitrogen and oxygen atoms in total. The lowest BCUT2D eigenvalue weighted by atomic mass is 10.2. The molecule has 96 valence electrons. The molecule has 0 saturated carbocycles. The van der Waals surface area contributed by atoms with Crippen LogP contribution < -0.4 is 16.0 Å². The van der Waals surface area contributed by atoms with Gasteiger partial charge in [-0.1, -0.05) is 6.42 Å². The monoisotopic (exact) mass is 229 g/mol.